The largest absolute Gasteiger partial charge is 0.297 e. The van der Waals surface area contributed by atoms with Gasteiger partial charge in [-0.1, -0.05) is 46.0 Å². The number of carbonyl (C=O) groups excluding carboxylic acids is 1. The first-order chi connectivity index (χ1) is 8.81. The maximum atomic E-state index is 10.9. The van der Waals surface area contributed by atoms with E-state index in [0.717, 1.165) is 17.6 Å². The van der Waals surface area contributed by atoms with Crippen molar-refractivity contribution in [2.75, 3.05) is 0 Å². The summed E-state index contributed by atoms with van der Waals surface area (Å²) < 4.78 is 0. The van der Waals surface area contributed by atoms with Crippen molar-refractivity contribution in [1.29, 1.82) is 0 Å². The molecule has 0 atom stereocenters. The molecule has 1 rings (SSSR count). The quantitative estimate of drug-likeness (QED) is 0.408. The second-order valence-electron chi connectivity index (χ2n) is 4.98. The zero-order valence-electron chi connectivity index (χ0n) is 11.8. The second-order valence-corrected chi connectivity index (χ2v) is 6.15. The number of hydrogen-bond acceptors (Lipinski definition) is 2. The van der Waals surface area contributed by atoms with Crippen molar-refractivity contribution in [3.05, 3.63) is 21.4 Å². The molecule has 0 bridgehead atoms. The number of thiophene rings is 1. The summed E-state index contributed by atoms with van der Waals surface area (Å²) >= 11 is 1.71. The third-order valence-electron chi connectivity index (χ3n) is 3.34. The number of unbranched alkanes of at least 4 members (excludes halogenated alkanes) is 5. The van der Waals surface area contributed by atoms with Gasteiger partial charge in [-0.3, -0.25) is 4.79 Å². The molecule has 1 nitrogen and oxygen atoms in total. The molecule has 1 heterocycles. The van der Waals surface area contributed by atoms with Gasteiger partial charge in [-0.15, -0.1) is 11.3 Å². The van der Waals surface area contributed by atoms with Crippen molar-refractivity contribution in [2.45, 2.75) is 71.6 Å². The van der Waals surface area contributed by atoms with E-state index in [4.69, 9.17) is 0 Å². The molecule has 0 aliphatic rings. The van der Waals surface area contributed by atoms with E-state index in [9.17, 15) is 4.79 Å². The Hall–Kier alpha value is -0.630. The van der Waals surface area contributed by atoms with E-state index in [1.807, 2.05) is 0 Å². The van der Waals surface area contributed by atoms with Crippen LogP contribution in [0.1, 0.15) is 78.9 Å². The summed E-state index contributed by atoms with van der Waals surface area (Å²) in [6.07, 6.45) is 12.3. The number of carbonyl (C=O) groups is 1. The molecule has 0 unspecified atom stereocenters. The third-order valence-corrected chi connectivity index (χ3v) is 4.50. The molecule has 1 aromatic heterocycles. The summed E-state index contributed by atoms with van der Waals surface area (Å²) in [6, 6.07) is 2.11. The molecule has 0 fully saturated rings. The van der Waals surface area contributed by atoms with Crippen molar-refractivity contribution in [3.63, 3.8) is 0 Å². The maximum Gasteiger partial charge on any atom is 0.160 e. The summed E-state index contributed by atoms with van der Waals surface area (Å²) in [4.78, 5) is 13.3. The first kappa shape index (κ1) is 15.4. The fourth-order valence-corrected chi connectivity index (χ4v) is 3.32. The van der Waals surface area contributed by atoms with Crippen molar-refractivity contribution in [2.24, 2.45) is 0 Å². The maximum absolute atomic E-state index is 10.9. The molecule has 0 radical (unpaired) electrons. The van der Waals surface area contributed by atoms with Crippen molar-refractivity contribution in [3.8, 4) is 0 Å². The summed E-state index contributed by atoms with van der Waals surface area (Å²) in [5.74, 6) is 0. The molecule has 0 aromatic carbocycles. The molecule has 102 valence electrons. The van der Waals surface area contributed by atoms with Crippen LogP contribution >= 0.6 is 11.3 Å². The van der Waals surface area contributed by atoms with Crippen molar-refractivity contribution < 1.29 is 4.79 Å². The zero-order chi connectivity index (χ0) is 13.2. The highest BCUT2D eigenvalue weighted by molar-refractivity contribution is 7.13. The summed E-state index contributed by atoms with van der Waals surface area (Å²) in [6.45, 7) is 4.47. The molecular weight excluding hydrogens is 240 g/mol. The van der Waals surface area contributed by atoms with Gasteiger partial charge in [-0.2, -0.15) is 0 Å². The highest BCUT2D eigenvalue weighted by atomic mass is 32.1. The monoisotopic (exact) mass is 266 g/mol. The van der Waals surface area contributed by atoms with Gasteiger partial charge in [0.2, 0.25) is 0 Å². The Morgan fingerprint density at radius 3 is 2.33 bits per heavy atom. The molecule has 0 saturated heterocycles. The average Bonchev–Trinajstić information content (AvgIpc) is 2.78. The Labute approximate surface area is 116 Å². The smallest absolute Gasteiger partial charge is 0.160 e. The zero-order valence-corrected chi connectivity index (χ0v) is 12.7. The minimum absolute atomic E-state index is 0.909. The van der Waals surface area contributed by atoms with Gasteiger partial charge in [-0.25, -0.2) is 0 Å². The highest BCUT2D eigenvalue weighted by Gasteiger charge is 2.08. The van der Waals surface area contributed by atoms with E-state index in [1.165, 1.54) is 61.8 Å². The van der Waals surface area contributed by atoms with Crippen molar-refractivity contribution in [1.82, 2.24) is 0 Å². The first-order valence-corrected chi connectivity index (χ1v) is 8.20. The van der Waals surface area contributed by atoms with Crippen LogP contribution in [-0.2, 0) is 12.8 Å². The lowest BCUT2D eigenvalue weighted by Gasteiger charge is -2.03. The van der Waals surface area contributed by atoms with Crippen LogP contribution in [0.2, 0.25) is 0 Å². The van der Waals surface area contributed by atoms with Crippen LogP contribution in [0.3, 0.4) is 0 Å². The van der Waals surface area contributed by atoms with Crippen LogP contribution in [-0.4, -0.2) is 6.29 Å². The Morgan fingerprint density at radius 1 is 1.00 bits per heavy atom. The van der Waals surface area contributed by atoms with Crippen LogP contribution in [0.15, 0.2) is 6.07 Å². The predicted molar refractivity (Wildman–Crippen MR) is 80.8 cm³/mol. The van der Waals surface area contributed by atoms with Gasteiger partial charge in [0.15, 0.2) is 6.29 Å². The number of rotatable bonds is 10. The summed E-state index contributed by atoms with van der Waals surface area (Å²) in [5, 5.41) is 0. The van der Waals surface area contributed by atoms with Crippen LogP contribution in [0.25, 0.3) is 0 Å². The molecule has 0 saturated carbocycles. The van der Waals surface area contributed by atoms with E-state index < -0.39 is 0 Å². The lowest BCUT2D eigenvalue weighted by molar-refractivity contribution is 0.112. The van der Waals surface area contributed by atoms with Gasteiger partial charge in [0, 0.05) is 4.88 Å². The van der Waals surface area contributed by atoms with E-state index >= 15 is 0 Å². The minimum atomic E-state index is 0.909. The molecule has 1 aromatic rings. The fraction of sp³-hybridized carbons (Fsp3) is 0.688. The number of aryl methyl sites for hydroxylation is 2. The van der Waals surface area contributed by atoms with Gasteiger partial charge in [0.1, 0.15) is 0 Å². The standard InChI is InChI=1S/C16H26OS/c1-3-5-7-9-11-16-14(10-8-6-4-2)12-15(13-17)18-16/h12-13H,3-11H2,1-2H3. The molecule has 18 heavy (non-hydrogen) atoms. The molecule has 0 spiro atoms. The Bertz CT molecular complexity index is 341. The topological polar surface area (TPSA) is 17.1 Å². The summed E-state index contributed by atoms with van der Waals surface area (Å²) in [7, 11) is 0. The minimum Gasteiger partial charge on any atom is -0.297 e. The molecular formula is C16H26OS. The van der Waals surface area contributed by atoms with Gasteiger partial charge in [0.05, 0.1) is 4.88 Å². The Balaban J connectivity index is 2.51. The van der Waals surface area contributed by atoms with Gasteiger partial charge in [0.25, 0.3) is 0 Å². The van der Waals surface area contributed by atoms with Gasteiger partial charge >= 0.3 is 0 Å². The van der Waals surface area contributed by atoms with Crippen LogP contribution < -0.4 is 0 Å². The van der Waals surface area contributed by atoms with Crippen LogP contribution in [0, 0.1) is 0 Å². The van der Waals surface area contributed by atoms with E-state index in [0.29, 0.717) is 0 Å². The van der Waals surface area contributed by atoms with Crippen LogP contribution in [0.5, 0.6) is 0 Å². The van der Waals surface area contributed by atoms with Gasteiger partial charge in [-0.05, 0) is 37.3 Å². The number of aldehydes is 1. The fourth-order valence-electron chi connectivity index (χ4n) is 2.25. The molecule has 0 amide bonds. The van der Waals surface area contributed by atoms with E-state index in [1.54, 1.807) is 11.3 Å². The first-order valence-electron chi connectivity index (χ1n) is 7.38. The lowest BCUT2D eigenvalue weighted by Crippen LogP contribution is -1.90. The van der Waals surface area contributed by atoms with E-state index in [2.05, 4.69) is 19.9 Å². The normalized spacial score (nSPS) is 10.8. The Morgan fingerprint density at radius 2 is 1.67 bits per heavy atom. The molecule has 2 heteroatoms. The number of hydrogen-bond donors (Lipinski definition) is 0. The lowest BCUT2D eigenvalue weighted by atomic mass is 10.0. The van der Waals surface area contributed by atoms with Crippen molar-refractivity contribution >= 4 is 17.6 Å². The predicted octanol–water partition coefficient (Wildman–Crippen LogP) is 5.42. The molecule has 0 N–H and O–H groups in total. The molecule has 0 aliphatic carbocycles. The highest BCUT2D eigenvalue weighted by Crippen LogP contribution is 2.25. The SMILES string of the molecule is CCCCCCc1sc(C=O)cc1CCCCC. The van der Waals surface area contributed by atoms with E-state index in [-0.39, 0.29) is 0 Å². The summed E-state index contributed by atoms with van der Waals surface area (Å²) in [5.41, 5.74) is 1.44. The van der Waals surface area contributed by atoms with Gasteiger partial charge < -0.3 is 0 Å². The average molecular weight is 266 g/mol. The second kappa shape index (κ2) is 9.32. The Kier molecular flexibility index (Phi) is 7.99. The molecule has 0 aliphatic heterocycles. The third kappa shape index (κ3) is 5.34. The van der Waals surface area contributed by atoms with Crippen LogP contribution in [0.4, 0.5) is 0 Å².